The molecule has 0 heterocycles. The summed E-state index contributed by atoms with van der Waals surface area (Å²) in [6.07, 6.45) is 0. The Morgan fingerprint density at radius 3 is 2.33 bits per heavy atom. The Hall–Kier alpha value is -2.14. The molecule has 0 bridgehead atoms. The van der Waals surface area contributed by atoms with Gasteiger partial charge in [0.15, 0.2) is 0 Å². The maximum Gasteiger partial charge on any atom is 0.128 e. The van der Waals surface area contributed by atoms with E-state index in [1.807, 2.05) is 0 Å². The van der Waals surface area contributed by atoms with Gasteiger partial charge in [0.05, 0.1) is 20.3 Å². The molecule has 1 unspecified atom stereocenters. The van der Waals surface area contributed by atoms with E-state index in [0.29, 0.717) is 17.1 Å². The Bertz CT molecular complexity index is 632. The summed E-state index contributed by atoms with van der Waals surface area (Å²) in [6.45, 7) is 0. The molecule has 0 aromatic heterocycles. The van der Waals surface area contributed by atoms with Gasteiger partial charge in [-0.3, -0.25) is 0 Å². The lowest BCUT2D eigenvalue weighted by Crippen LogP contribution is -2.20. The van der Waals surface area contributed by atoms with Crippen LogP contribution in [0.3, 0.4) is 0 Å². The van der Waals surface area contributed by atoms with E-state index in [4.69, 9.17) is 9.47 Å². The predicted octanol–water partition coefficient (Wildman–Crippen LogP) is 3.29. The highest BCUT2D eigenvalue weighted by molar-refractivity contribution is 5.46. The second-order valence-electron chi connectivity index (χ2n) is 4.50. The van der Waals surface area contributed by atoms with Gasteiger partial charge >= 0.3 is 0 Å². The molecule has 0 saturated carbocycles. The van der Waals surface area contributed by atoms with Crippen LogP contribution in [0.15, 0.2) is 36.4 Å². The van der Waals surface area contributed by atoms with E-state index in [1.165, 1.54) is 13.2 Å². The van der Waals surface area contributed by atoms with Crippen LogP contribution in [0.2, 0.25) is 0 Å². The molecule has 0 aliphatic heterocycles. The molecule has 0 aliphatic carbocycles. The number of ether oxygens (including phenoxy) is 2. The lowest BCUT2D eigenvalue weighted by atomic mass is 9.97. The molecule has 1 N–H and O–H groups in total. The fraction of sp³-hybridized carbons (Fsp3) is 0.250. The molecule has 2 rings (SSSR count). The summed E-state index contributed by atoms with van der Waals surface area (Å²) in [5.74, 6) is 0.204. The SMILES string of the molecule is CNC(c1cc(F)ccc1F)c1ccc(OC)cc1OC. The van der Waals surface area contributed by atoms with Gasteiger partial charge in [-0.15, -0.1) is 0 Å². The van der Waals surface area contributed by atoms with Crippen molar-refractivity contribution in [2.24, 2.45) is 0 Å². The second kappa shape index (κ2) is 6.54. The van der Waals surface area contributed by atoms with Gasteiger partial charge in [-0.2, -0.15) is 0 Å². The largest absolute Gasteiger partial charge is 0.497 e. The number of methoxy groups -OCH3 is 2. The van der Waals surface area contributed by atoms with Crippen molar-refractivity contribution in [3.05, 3.63) is 59.2 Å². The first kappa shape index (κ1) is 15.3. The van der Waals surface area contributed by atoms with Crippen LogP contribution in [-0.2, 0) is 0 Å². The van der Waals surface area contributed by atoms with Crippen molar-refractivity contribution >= 4 is 0 Å². The number of hydrogen-bond donors (Lipinski definition) is 1. The van der Waals surface area contributed by atoms with Gasteiger partial charge in [-0.25, -0.2) is 8.78 Å². The number of hydrogen-bond acceptors (Lipinski definition) is 3. The van der Waals surface area contributed by atoms with Crippen molar-refractivity contribution in [2.45, 2.75) is 6.04 Å². The maximum atomic E-state index is 14.0. The lowest BCUT2D eigenvalue weighted by molar-refractivity contribution is 0.387. The van der Waals surface area contributed by atoms with Crippen LogP contribution < -0.4 is 14.8 Å². The fourth-order valence-electron chi connectivity index (χ4n) is 2.27. The average Bonchev–Trinajstić information content (AvgIpc) is 2.51. The zero-order valence-corrected chi connectivity index (χ0v) is 12.1. The van der Waals surface area contributed by atoms with E-state index in [0.717, 1.165) is 12.1 Å². The van der Waals surface area contributed by atoms with Gasteiger partial charge in [0.2, 0.25) is 0 Å². The highest BCUT2D eigenvalue weighted by Gasteiger charge is 2.21. The minimum absolute atomic E-state index is 0.223. The van der Waals surface area contributed by atoms with E-state index in [-0.39, 0.29) is 5.56 Å². The monoisotopic (exact) mass is 293 g/mol. The first-order chi connectivity index (χ1) is 10.1. The Morgan fingerprint density at radius 2 is 1.71 bits per heavy atom. The molecule has 21 heavy (non-hydrogen) atoms. The minimum Gasteiger partial charge on any atom is -0.497 e. The van der Waals surface area contributed by atoms with Crippen LogP contribution >= 0.6 is 0 Å². The van der Waals surface area contributed by atoms with Gasteiger partial charge in [0.25, 0.3) is 0 Å². The molecule has 5 heteroatoms. The zero-order valence-electron chi connectivity index (χ0n) is 12.1. The molecule has 0 saturated heterocycles. The molecule has 3 nitrogen and oxygen atoms in total. The van der Waals surface area contributed by atoms with Crippen molar-refractivity contribution < 1.29 is 18.3 Å². The average molecular weight is 293 g/mol. The molecule has 0 fully saturated rings. The van der Waals surface area contributed by atoms with Crippen LogP contribution in [0.25, 0.3) is 0 Å². The number of rotatable bonds is 5. The van der Waals surface area contributed by atoms with Gasteiger partial charge in [0.1, 0.15) is 23.1 Å². The molecule has 112 valence electrons. The lowest BCUT2D eigenvalue weighted by Gasteiger charge is -2.21. The Balaban J connectivity index is 2.53. The second-order valence-corrected chi connectivity index (χ2v) is 4.50. The van der Waals surface area contributed by atoms with Crippen LogP contribution in [0.1, 0.15) is 17.2 Å². The van der Waals surface area contributed by atoms with Crippen molar-refractivity contribution in [3.63, 3.8) is 0 Å². The summed E-state index contributed by atoms with van der Waals surface area (Å²) < 4.78 is 37.9. The first-order valence-corrected chi connectivity index (χ1v) is 6.44. The normalized spacial score (nSPS) is 12.0. The molecule has 0 amide bonds. The molecule has 2 aromatic carbocycles. The first-order valence-electron chi connectivity index (χ1n) is 6.44. The van der Waals surface area contributed by atoms with Crippen molar-refractivity contribution in [3.8, 4) is 11.5 Å². The minimum atomic E-state index is -0.526. The van der Waals surface area contributed by atoms with E-state index < -0.39 is 17.7 Å². The molecule has 1 atom stereocenters. The third-order valence-electron chi connectivity index (χ3n) is 3.31. The molecular formula is C16H17F2NO2. The van der Waals surface area contributed by atoms with Gasteiger partial charge in [-0.1, -0.05) is 0 Å². The Morgan fingerprint density at radius 1 is 0.952 bits per heavy atom. The van der Waals surface area contributed by atoms with Gasteiger partial charge < -0.3 is 14.8 Å². The van der Waals surface area contributed by atoms with Crippen LogP contribution in [0, 0.1) is 11.6 Å². The third kappa shape index (κ3) is 3.13. The van der Waals surface area contributed by atoms with Crippen molar-refractivity contribution in [1.82, 2.24) is 5.32 Å². The van der Waals surface area contributed by atoms with E-state index in [9.17, 15) is 8.78 Å². The van der Waals surface area contributed by atoms with Crippen molar-refractivity contribution in [2.75, 3.05) is 21.3 Å². The Labute approximate surface area is 122 Å². The summed E-state index contributed by atoms with van der Waals surface area (Å²) in [6, 6.07) is 8.09. The standard InChI is InChI=1S/C16H17F2NO2/c1-19-16(13-8-10(17)4-7-14(13)18)12-6-5-11(20-2)9-15(12)21-3/h4-9,16,19H,1-3H3. The highest BCUT2D eigenvalue weighted by Crippen LogP contribution is 2.34. The van der Waals surface area contributed by atoms with Crippen LogP contribution in [0.4, 0.5) is 8.78 Å². The summed E-state index contributed by atoms with van der Waals surface area (Å²) in [5, 5.41) is 2.99. The van der Waals surface area contributed by atoms with Crippen molar-refractivity contribution in [1.29, 1.82) is 0 Å². The summed E-state index contributed by atoms with van der Waals surface area (Å²) >= 11 is 0. The third-order valence-corrected chi connectivity index (χ3v) is 3.31. The summed E-state index contributed by atoms with van der Waals surface area (Å²) in [7, 11) is 4.75. The van der Waals surface area contributed by atoms with Gasteiger partial charge in [-0.05, 0) is 37.4 Å². The van der Waals surface area contributed by atoms with E-state index in [1.54, 1.807) is 32.4 Å². The number of benzene rings is 2. The van der Waals surface area contributed by atoms with Crippen LogP contribution in [0.5, 0.6) is 11.5 Å². The summed E-state index contributed by atoms with van der Waals surface area (Å²) in [5.41, 5.74) is 0.922. The van der Waals surface area contributed by atoms with Gasteiger partial charge in [0, 0.05) is 17.2 Å². The number of halogens is 2. The van der Waals surface area contributed by atoms with Crippen LogP contribution in [-0.4, -0.2) is 21.3 Å². The molecule has 0 radical (unpaired) electrons. The predicted molar refractivity (Wildman–Crippen MR) is 76.8 cm³/mol. The smallest absolute Gasteiger partial charge is 0.128 e. The summed E-state index contributed by atoms with van der Waals surface area (Å²) in [4.78, 5) is 0. The molecule has 0 spiro atoms. The van der Waals surface area contributed by atoms with E-state index >= 15 is 0 Å². The highest BCUT2D eigenvalue weighted by atomic mass is 19.1. The van der Waals surface area contributed by atoms with E-state index in [2.05, 4.69) is 5.32 Å². The Kier molecular flexibility index (Phi) is 4.75. The maximum absolute atomic E-state index is 14.0. The quantitative estimate of drug-likeness (QED) is 0.917. The molecule has 2 aromatic rings. The topological polar surface area (TPSA) is 30.5 Å². The molecular weight excluding hydrogens is 276 g/mol. The molecule has 0 aliphatic rings. The zero-order chi connectivity index (χ0) is 15.4. The number of nitrogens with one attached hydrogen (secondary N) is 1. The fourth-order valence-corrected chi connectivity index (χ4v) is 2.27.